The minimum absolute atomic E-state index is 0.247. The third-order valence-corrected chi connectivity index (χ3v) is 3.63. The summed E-state index contributed by atoms with van der Waals surface area (Å²) >= 11 is 6.08. The van der Waals surface area contributed by atoms with Gasteiger partial charge >= 0.3 is 0 Å². The molecule has 0 bridgehead atoms. The van der Waals surface area contributed by atoms with Crippen LogP contribution in [0.5, 0.6) is 0 Å². The summed E-state index contributed by atoms with van der Waals surface area (Å²) in [5, 5.41) is 2.30. The minimum Gasteiger partial charge on any atom is -0.256 e. The van der Waals surface area contributed by atoms with Crippen molar-refractivity contribution < 1.29 is 0 Å². The monoisotopic (exact) mass is 291 g/mol. The fourth-order valence-electron chi connectivity index (χ4n) is 2.55. The summed E-state index contributed by atoms with van der Waals surface area (Å²) in [6.45, 7) is 0. The third kappa shape index (κ3) is 2.03. The second-order valence-electron chi connectivity index (χ2n) is 4.74. The van der Waals surface area contributed by atoms with Gasteiger partial charge in [-0.2, -0.15) is 0 Å². The van der Waals surface area contributed by atoms with E-state index in [1.165, 1.54) is 0 Å². The highest BCUT2D eigenvalue weighted by molar-refractivity contribution is 6.29. The Morgan fingerprint density at radius 1 is 0.810 bits per heavy atom. The lowest BCUT2D eigenvalue weighted by atomic mass is 10.0. The lowest BCUT2D eigenvalue weighted by molar-refractivity contribution is 1.22. The lowest BCUT2D eigenvalue weighted by Crippen LogP contribution is -1.92. The minimum atomic E-state index is 0.247. The van der Waals surface area contributed by atoms with E-state index in [1.54, 1.807) is 6.20 Å². The summed E-state index contributed by atoms with van der Waals surface area (Å²) in [7, 11) is 0. The molecular weight excluding hydrogens is 282 g/mol. The van der Waals surface area contributed by atoms with E-state index in [0.29, 0.717) is 0 Å². The summed E-state index contributed by atoms with van der Waals surface area (Å²) in [6.07, 6.45) is 1.79. The van der Waals surface area contributed by atoms with Crippen molar-refractivity contribution in [2.75, 3.05) is 0 Å². The van der Waals surface area contributed by atoms with E-state index < -0.39 is 0 Å². The molecule has 0 spiro atoms. The van der Waals surface area contributed by atoms with Crippen molar-refractivity contribution in [3.05, 3.63) is 66.1 Å². The Kier molecular flexibility index (Phi) is 2.79. The molecule has 3 nitrogen and oxygen atoms in total. The van der Waals surface area contributed by atoms with Gasteiger partial charge in [0, 0.05) is 22.5 Å². The van der Waals surface area contributed by atoms with E-state index in [-0.39, 0.29) is 5.28 Å². The topological polar surface area (TPSA) is 38.7 Å². The number of nitrogens with zero attached hydrogens (tertiary/aromatic N) is 3. The Bertz CT molecular complexity index is 961. The van der Waals surface area contributed by atoms with E-state index in [2.05, 4.69) is 15.0 Å². The van der Waals surface area contributed by atoms with Crippen LogP contribution in [0.4, 0.5) is 0 Å². The molecule has 2 aromatic heterocycles. The van der Waals surface area contributed by atoms with Gasteiger partial charge in [-0.3, -0.25) is 4.98 Å². The number of rotatable bonds is 1. The maximum atomic E-state index is 6.08. The first-order valence-electron chi connectivity index (χ1n) is 6.59. The van der Waals surface area contributed by atoms with Crippen LogP contribution < -0.4 is 0 Å². The molecule has 2 heterocycles. The fourth-order valence-corrected chi connectivity index (χ4v) is 2.72. The second kappa shape index (κ2) is 4.79. The Hall–Kier alpha value is -2.52. The van der Waals surface area contributed by atoms with Gasteiger partial charge < -0.3 is 0 Å². The number of benzene rings is 2. The SMILES string of the molecule is Clc1nc(-c2cccc3cccnc23)c2ccccc2n1. The zero-order valence-electron chi connectivity index (χ0n) is 11.0. The molecule has 0 saturated carbocycles. The molecule has 0 N–H and O–H groups in total. The summed E-state index contributed by atoms with van der Waals surface area (Å²) in [4.78, 5) is 13.2. The highest BCUT2D eigenvalue weighted by atomic mass is 35.5. The molecule has 0 atom stereocenters. The Labute approximate surface area is 126 Å². The molecule has 0 saturated heterocycles. The van der Waals surface area contributed by atoms with Crippen molar-refractivity contribution in [1.29, 1.82) is 0 Å². The maximum Gasteiger partial charge on any atom is 0.223 e. The van der Waals surface area contributed by atoms with Gasteiger partial charge in [0.25, 0.3) is 0 Å². The normalized spacial score (nSPS) is 11.1. The number of para-hydroxylation sites is 2. The van der Waals surface area contributed by atoms with Crippen LogP contribution in [-0.4, -0.2) is 15.0 Å². The van der Waals surface area contributed by atoms with Crippen molar-refractivity contribution in [1.82, 2.24) is 15.0 Å². The molecule has 0 aliphatic carbocycles. The van der Waals surface area contributed by atoms with Crippen LogP contribution in [0.1, 0.15) is 0 Å². The summed E-state index contributed by atoms with van der Waals surface area (Å²) in [5.41, 5.74) is 3.53. The van der Waals surface area contributed by atoms with Crippen molar-refractivity contribution in [3.8, 4) is 11.3 Å². The summed E-state index contributed by atoms with van der Waals surface area (Å²) in [5.74, 6) is 0. The van der Waals surface area contributed by atoms with Gasteiger partial charge in [0.05, 0.1) is 16.7 Å². The van der Waals surface area contributed by atoms with E-state index in [9.17, 15) is 0 Å². The number of fused-ring (bicyclic) bond motifs is 2. The van der Waals surface area contributed by atoms with E-state index in [4.69, 9.17) is 11.6 Å². The third-order valence-electron chi connectivity index (χ3n) is 3.46. The number of halogens is 1. The number of hydrogen-bond donors (Lipinski definition) is 0. The van der Waals surface area contributed by atoms with E-state index >= 15 is 0 Å². The highest BCUT2D eigenvalue weighted by Crippen LogP contribution is 2.31. The highest BCUT2D eigenvalue weighted by Gasteiger charge is 2.11. The van der Waals surface area contributed by atoms with Crippen molar-refractivity contribution >= 4 is 33.4 Å². The lowest BCUT2D eigenvalue weighted by Gasteiger charge is -2.08. The largest absolute Gasteiger partial charge is 0.256 e. The zero-order valence-corrected chi connectivity index (χ0v) is 11.7. The average molecular weight is 292 g/mol. The summed E-state index contributed by atoms with van der Waals surface area (Å²) in [6, 6.07) is 17.9. The van der Waals surface area contributed by atoms with Crippen LogP contribution in [0.2, 0.25) is 5.28 Å². The van der Waals surface area contributed by atoms with Gasteiger partial charge in [-0.05, 0) is 23.7 Å². The molecule has 100 valence electrons. The van der Waals surface area contributed by atoms with Crippen LogP contribution in [0.15, 0.2) is 60.8 Å². The molecule has 21 heavy (non-hydrogen) atoms. The van der Waals surface area contributed by atoms with Gasteiger partial charge in [0.15, 0.2) is 0 Å². The van der Waals surface area contributed by atoms with Gasteiger partial charge in [0.2, 0.25) is 5.28 Å². The van der Waals surface area contributed by atoms with Gasteiger partial charge in [0.1, 0.15) is 0 Å². The molecule has 0 aliphatic rings. The standard InChI is InChI=1S/C17H10ClN3/c18-17-20-14-9-2-1-7-12(14)16(21-17)13-8-3-5-11-6-4-10-19-15(11)13/h1-10H. The summed E-state index contributed by atoms with van der Waals surface area (Å²) < 4.78 is 0. The molecular formula is C17H10ClN3. The van der Waals surface area contributed by atoms with Gasteiger partial charge in [-0.15, -0.1) is 0 Å². The van der Waals surface area contributed by atoms with Crippen LogP contribution in [0, 0.1) is 0 Å². The molecule has 4 aromatic rings. The molecule has 0 aliphatic heterocycles. The number of aromatic nitrogens is 3. The van der Waals surface area contributed by atoms with Crippen LogP contribution >= 0.6 is 11.6 Å². The predicted octanol–water partition coefficient (Wildman–Crippen LogP) is 4.50. The molecule has 0 radical (unpaired) electrons. The maximum absolute atomic E-state index is 6.08. The first-order valence-corrected chi connectivity index (χ1v) is 6.97. The smallest absolute Gasteiger partial charge is 0.223 e. The average Bonchev–Trinajstić information content (AvgIpc) is 2.53. The quantitative estimate of drug-likeness (QED) is 0.485. The predicted molar refractivity (Wildman–Crippen MR) is 85.3 cm³/mol. The number of pyridine rings is 1. The van der Waals surface area contributed by atoms with Crippen LogP contribution in [-0.2, 0) is 0 Å². The Morgan fingerprint density at radius 2 is 1.67 bits per heavy atom. The van der Waals surface area contributed by atoms with Crippen LogP contribution in [0.25, 0.3) is 33.1 Å². The molecule has 0 fully saturated rings. The zero-order chi connectivity index (χ0) is 14.2. The molecule has 4 heteroatoms. The van der Waals surface area contributed by atoms with E-state index in [1.807, 2.05) is 54.6 Å². The molecule has 0 unspecified atom stereocenters. The van der Waals surface area contributed by atoms with E-state index in [0.717, 1.165) is 33.1 Å². The van der Waals surface area contributed by atoms with Crippen LogP contribution in [0.3, 0.4) is 0 Å². The molecule has 2 aromatic carbocycles. The Balaban J connectivity index is 2.14. The molecule has 4 rings (SSSR count). The van der Waals surface area contributed by atoms with Gasteiger partial charge in [-0.1, -0.05) is 42.5 Å². The first kappa shape index (κ1) is 12.2. The Morgan fingerprint density at radius 3 is 2.62 bits per heavy atom. The number of hydrogen-bond acceptors (Lipinski definition) is 3. The van der Waals surface area contributed by atoms with Crippen molar-refractivity contribution in [2.24, 2.45) is 0 Å². The fraction of sp³-hybridized carbons (Fsp3) is 0. The molecule has 0 amide bonds. The van der Waals surface area contributed by atoms with Crippen molar-refractivity contribution in [2.45, 2.75) is 0 Å². The first-order chi connectivity index (χ1) is 10.3. The second-order valence-corrected chi connectivity index (χ2v) is 5.08. The van der Waals surface area contributed by atoms with Crippen molar-refractivity contribution in [3.63, 3.8) is 0 Å². The van der Waals surface area contributed by atoms with Gasteiger partial charge in [-0.25, -0.2) is 9.97 Å².